The van der Waals surface area contributed by atoms with Gasteiger partial charge in [0.05, 0.1) is 10.5 Å². The first-order chi connectivity index (χ1) is 11.8. The molecule has 1 aliphatic heterocycles. The van der Waals surface area contributed by atoms with Gasteiger partial charge in [0.2, 0.25) is 5.91 Å². The minimum Gasteiger partial charge on any atom is -0.379 e. The summed E-state index contributed by atoms with van der Waals surface area (Å²) >= 11 is 0. The van der Waals surface area contributed by atoms with Gasteiger partial charge in [-0.15, -0.1) is 12.4 Å². The molecule has 0 bridgehead atoms. The number of hydrogen-bond donors (Lipinski definition) is 3. The molecule has 1 heterocycles. The maximum Gasteiger partial charge on any atom is 0.416 e. The molecule has 0 radical (unpaired) electrons. The molecule has 0 aromatic heterocycles. The Morgan fingerprint density at radius 3 is 2.69 bits per heavy atom. The average Bonchev–Trinajstić information content (AvgIpc) is 3.05. The molecule has 1 fully saturated rings. The number of nitro benzene ring substituents is 1. The van der Waals surface area contributed by atoms with Crippen LogP contribution in [0.1, 0.15) is 24.8 Å². The van der Waals surface area contributed by atoms with E-state index in [1.165, 1.54) is 0 Å². The predicted octanol–water partition coefficient (Wildman–Crippen LogP) is 2.71. The molecule has 0 aliphatic carbocycles. The number of nitrogens with zero attached hydrogens (tertiary/aromatic N) is 1. The zero-order valence-corrected chi connectivity index (χ0v) is 14.6. The summed E-state index contributed by atoms with van der Waals surface area (Å²) in [6, 6.07) is 2.50. The highest BCUT2D eigenvalue weighted by Crippen LogP contribution is 2.34. The lowest BCUT2D eigenvalue weighted by Crippen LogP contribution is -2.37. The predicted molar refractivity (Wildman–Crippen MR) is 92.5 cm³/mol. The summed E-state index contributed by atoms with van der Waals surface area (Å²) in [5.74, 6) is -0.226. The maximum absolute atomic E-state index is 12.6. The van der Waals surface area contributed by atoms with Gasteiger partial charge in [-0.25, -0.2) is 0 Å². The Labute approximate surface area is 154 Å². The van der Waals surface area contributed by atoms with E-state index in [1.54, 1.807) is 0 Å². The van der Waals surface area contributed by atoms with E-state index in [4.69, 9.17) is 0 Å². The zero-order chi connectivity index (χ0) is 18.4. The van der Waals surface area contributed by atoms with E-state index in [2.05, 4.69) is 16.0 Å². The Morgan fingerprint density at radius 1 is 1.38 bits per heavy atom. The number of halogens is 4. The fraction of sp³-hybridized carbons (Fsp3) is 0.533. The Kier molecular flexibility index (Phi) is 8.09. The van der Waals surface area contributed by atoms with Crippen LogP contribution in [0, 0.1) is 10.1 Å². The summed E-state index contributed by atoms with van der Waals surface area (Å²) in [5, 5.41) is 19.6. The van der Waals surface area contributed by atoms with Gasteiger partial charge in [-0.3, -0.25) is 14.9 Å². The van der Waals surface area contributed by atoms with Crippen LogP contribution in [-0.2, 0) is 11.0 Å². The van der Waals surface area contributed by atoms with Gasteiger partial charge in [0.15, 0.2) is 0 Å². The van der Waals surface area contributed by atoms with Crippen molar-refractivity contribution in [2.45, 2.75) is 31.5 Å². The molecule has 1 saturated heterocycles. The number of nitro groups is 1. The van der Waals surface area contributed by atoms with Crippen LogP contribution in [0.15, 0.2) is 18.2 Å². The van der Waals surface area contributed by atoms with Crippen LogP contribution in [0.2, 0.25) is 0 Å². The lowest BCUT2D eigenvalue weighted by Gasteiger charge is -2.12. The average molecular weight is 397 g/mol. The van der Waals surface area contributed by atoms with E-state index in [0.717, 1.165) is 31.5 Å². The normalized spacial score (nSPS) is 16.7. The van der Waals surface area contributed by atoms with Crippen molar-refractivity contribution in [2.75, 3.05) is 25.0 Å². The molecule has 11 heteroatoms. The molecule has 26 heavy (non-hydrogen) atoms. The third-order valence-electron chi connectivity index (χ3n) is 3.90. The molecular formula is C15H20ClF3N4O3. The van der Waals surface area contributed by atoms with Gasteiger partial charge in [-0.2, -0.15) is 13.2 Å². The lowest BCUT2D eigenvalue weighted by atomic mass is 10.1. The molecule has 7 nitrogen and oxygen atoms in total. The fourth-order valence-electron chi connectivity index (χ4n) is 2.58. The second-order valence-electron chi connectivity index (χ2n) is 5.76. The molecule has 146 valence electrons. The van der Waals surface area contributed by atoms with Crippen molar-refractivity contribution >= 4 is 29.7 Å². The molecule has 1 amide bonds. The molecule has 1 aliphatic rings. The molecule has 1 aromatic rings. The van der Waals surface area contributed by atoms with Crippen molar-refractivity contribution < 1.29 is 22.9 Å². The summed E-state index contributed by atoms with van der Waals surface area (Å²) in [6.07, 6.45) is -2.53. The SMILES string of the molecule is Cl.O=C(CCNc1ccc(C(F)(F)F)cc1[N+](=O)[O-])NCC1CCCN1. The Bertz CT molecular complexity index is 637. The van der Waals surface area contributed by atoms with Crippen molar-refractivity contribution in [1.29, 1.82) is 0 Å². The summed E-state index contributed by atoms with van der Waals surface area (Å²) in [6.45, 7) is 1.52. The number of hydrogen-bond acceptors (Lipinski definition) is 5. The number of rotatable bonds is 7. The summed E-state index contributed by atoms with van der Waals surface area (Å²) in [4.78, 5) is 21.8. The quantitative estimate of drug-likeness (QED) is 0.486. The third kappa shape index (κ3) is 6.34. The zero-order valence-electron chi connectivity index (χ0n) is 13.8. The number of anilines is 1. The minimum atomic E-state index is -4.66. The van der Waals surface area contributed by atoms with Gasteiger partial charge in [0.1, 0.15) is 5.69 Å². The third-order valence-corrected chi connectivity index (χ3v) is 3.90. The molecular weight excluding hydrogens is 377 g/mol. The topological polar surface area (TPSA) is 96.3 Å². The Balaban J connectivity index is 0.00000338. The number of benzene rings is 1. The van der Waals surface area contributed by atoms with Crippen molar-refractivity contribution in [3.63, 3.8) is 0 Å². The summed E-state index contributed by atoms with van der Waals surface area (Å²) < 4.78 is 37.9. The van der Waals surface area contributed by atoms with Gasteiger partial charge < -0.3 is 16.0 Å². The largest absolute Gasteiger partial charge is 0.416 e. The van der Waals surface area contributed by atoms with E-state index in [0.29, 0.717) is 12.6 Å². The van der Waals surface area contributed by atoms with E-state index in [9.17, 15) is 28.1 Å². The molecule has 1 aromatic carbocycles. The lowest BCUT2D eigenvalue weighted by molar-refractivity contribution is -0.384. The van der Waals surface area contributed by atoms with Gasteiger partial charge in [0, 0.05) is 31.6 Å². The summed E-state index contributed by atoms with van der Waals surface area (Å²) in [7, 11) is 0. The molecule has 0 saturated carbocycles. The number of carbonyl (C=O) groups is 1. The van der Waals surface area contributed by atoms with Crippen LogP contribution in [0.5, 0.6) is 0 Å². The first kappa shape index (κ1) is 22.0. The van der Waals surface area contributed by atoms with Gasteiger partial charge in [-0.05, 0) is 31.5 Å². The van der Waals surface area contributed by atoms with E-state index in [-0.39, 0.29) is 43.0 Å². The first-order valence-corrected chi connectivity index (χ1v) is 7.87. The smallest absolute Gasteiger partial charge is 0.379 e. The first-order valence-electron chi connectivity index (χ1n) is 7.87. The maximum atomic E-state index is 12.6. The molecule has 1 unspecified atom stereocenters. The van der Waals surface area contributed by atoms with E-state index in [1.807, 2.05) is 0 Å². The van der Waals surface area contributed by atoms with Crippen LogP contribution >= 0.6 is 12.4 Å². The van der Waals surface area contributed by atoms with Crippen LogP contribution in [0.4, 0.5) is 24.5 Å². The number of carbonyl (C=O) groups excluding carboxylic acids is 1. The van der Waals surface area contributed by atoms with Gasteiger partial charge in [-0.1, -0.05) is 0 Å². The van der Waals surface area contributed by atoms with Gasteiger partial charge in [0.25, 0.3) is 5.69 Å². The molecule has 0 spiro atoms. The number of amides is 1. The Morgan fingerprint density at radius 2 is 2.12 bits per heavy atom. The van der Waals surface area contributed by atoms with Crippen molar-refractivity contribution in [2.24, 2.45) is 0 Å². The van der Waals surface area contributed by atoms with Crippen molar-refractivity contribution in [3.05, 3.63) is 33.9 Å². The fourth-order valence-corrected chi connectivity index (χ4v) is 2.58. The molecule has 2 rings (SSSR count). The van der Waals surface area contributed by atoms with Gasteiger partial charge >= 0.3 is 6.18 Å². The minimum absolute atomic E-state index is 0. The van der Waals surface area contributed by atoms with Crippen LogP contribution in [0.25, 0.3) is 0 Å². The number of nitrogens with one attached hydrogen (secondary N) is 3. The highest BCUT2D eigenvalue weighted by Gasteiger charge is 2.33. The van der Waals surface area contributed by atoms with E-state index >= 15 is 0 Å². The van der Waals surface area contributed by atoms with E-state index < -0.39 is 22.4 Å². The number of alkyl halides is 3. The summed E-state index contributed by atoms with van der Waals surface area (Å²) in [5.41, 5.74) is -1.82. The molecule has 1 atom stereocenters. The Hall–Kier alpha value is -2.07. The highest BCUT2D eigenvalue weighted by atomic mass is 35.5. The second kappa shape index (κ2) is 9.58. The van der Waals surface area contributed by atoms with Crippen LogP contribution in [0.3, 0.4) is 0 Å². The molecule has 3 N–H and O–H groups in total. The van der Waals surface area contributed by atoms with Crippen molar-refractivity contribution in [1.82, 2.24) is 10.6 Å². The highest BCUT2D eigenvalue weighted by molar-refractivity contribution is 5.85. The van der Waals surface area contributed by atoms with Crippen LogP contribution < -0.4 is 16.0 Å². The second-order valence-corrected chi connectivity index (χ2v) is 5.76. The van der Waals surface area contributed by atoms with Crippen molar-refractivity contribution in [3.8, 4) is 0 Å². The van der Waals surface area contributed by atoms with Crippen LogP contribution in [-0.4, -0.2) is 36.5 Å². The standard InChI is InChI=1S/C15H19F3N4O3.ClH/c16-15(17,18)10-3-4-12(13(8-10)22(24)25)20-7-5-14(23)21-9-11-2-1-6-19-11;/h3-4,8,11,19-20H,1-2,5-7,9H2,(H,21,23);1H. The monoisotopic (exact) mass is 396 g/mol.